The Morgan fingerprint density at radius 1 is 1.40 bits per heavy atom. The molecule has 1 amide bonds. The van der Waals surface area contributed by atoms with E-state index in [0.29, 0.717) is 5.91 Å². The van der Waals surface area contributed by atoms with Gasteiger partial charge in [-0.25, -0.2) is 0 Å². The van der Waals surface area contributed by atoms with E-state index in [9.17, 15) is 4.79 Å². The quantitative estimate of drug-likeness (QED) is 0.682. The van der Waals surface area contributed by atoms with Crippen LogP contribution in [-0.2, 0) is 4.79 Å². The monoisotopic (exact) mass is 275 g/mol. The molecule has 0 aromatic carbocycles. The Bertz CT molecular complexity index is 190. The number of nitrogens with zero attached hydrogens (tertiary/aromatic N) is 1. The summed E-state index contributed by atoms with van der Waals surface area (Å²) in [5.74, 6) is 1.15. The molecule has 1 fully saturated rings. The van der Waals surface area contributed by atoms with Crippen molar-refractivity contribution >= 4 is 21.8 Å². The van der Waals surface area contributed by atoms with Gasteiger partial charge in [0.2, 0.25) is 5.91 Å². The minimum atomic E-state index is 0.322. The summed E-state index contributed by atoms with van der Waals surface area (Å²) in [5.41, 5.74) is 0. The highest BCUT2D eigenvalue weighted by molar-refractivity contribution is 9.09. The Morgan fingerprint density at radius 2 is 2.07 bits per heavy atom. The normalized spacial score (nSPS) is 16.9. The fraction of sp³-hybridized carbons (Fsp3) is 0.917. The van der Waals surface area contributed by atoms with Crippen LogP contribution in [0.1, 0.15) is 44.9 Å². The third kappa shape index (κ3) is 5.01. The van der Waals surface area contributed by atoms with Crippen LogP contribution < -0.4 is 0 Å². The molecule has 0 heterocycles. The first-order chi connectivity index (χ1) is 7.24. The molecule has 0 aromatic rings. The van der Waals surface area contributed by atoms with Gasteiger partial charge in [0.25, 0.3) is 0 Å². The van der Waals surface area contributed by atoms with Gasteiger partial charge in [0.05, 0.1) is 0 Å². The summed E-state index contributed by atoms with van der Waals surface area (Å²) >= 11 is 3.38. The zero-order valence-corrected chi connectivity index (χ0v) is 11.3. The predicted octanol–water partition coefficient (Wildman–Crippen LogP) is 3.20. The predicted molar refractivity (Wildman–Crippen MR) is 67.2 cm³/mol. The summed E-state index contributed by atoms with van der Waals surface area (Å²) in [4.78, 5) is 13.6. The standard InChI is InChI=1S/C12H22BrNO/c1-14(10-4-9-13)12(15)8-7-11-5-2-3-6-11/h11H,2-10H2,1H3. The van der Waals surface area contributed by atoms with E-state index in [1.54, 1.807) is 0 Å². The molecule has 0 aromatic heterocycles. The topological polar surface area (TPSA) is 20.3 Å². The molecule has 0 saturated heterocycles. The maximum absolute atomic E-state index is 11.7. The molecule has 2 nitrogen and oxygen atoms in total. The van der Waals surface area contributed by atoms with Crippen LogP contribution in [0.15, 0.2) is 0 Å². The first-order valence-electron chi connectivity index (χ1n) is 6.04. The zero-order valence-electron chi connectivity index (χ0n) is 9.67. The SMILES string of the molecule is CN(CCCBr)C(=O)CCC1CCCC1. The first kappa shape index (κ1) is 13.0. The lowest BCUT2D eigenvalue weighted by molar-refractivity contribution is -0.130. The molecule has 1 saturated carbocycles. The van der Waals surface area contributed by atoms with Crippen LogP contribution >= 0.6 is 15.9 Å². The van der Waals surface area contributed by atoms with E-state index in [-0.39, 0.29) is 0 Å². The minimum absolute atomic E-state index is 0.322. The number of amides is 1. The smallest absolute Gasteiger partial charge is 0.222 e. The number of carbonyl (C=O) groups is 1. The Hall–Kier alpha value is -0.0500. The lowest BCUT2D eigenvalue weighted by atomic mass is 10.0. The number of alkyl halides is 1. The molecule has 0 atom stereocenters. The summed E-state index contributed by atoms with van der Waals surface area (Å²) in [6.07, 6.45) is 8.35. The van der Waals surface area contributed by atoms with Gasteiger partial charge in [-0.1, -0.05) is 41.6 Å². The summed E-state index contributed by atoms with van der Waals surface area (Å²) in [7, 11) is 1.92. The molecule has 0 radical (unpaired) electrons. The summed E-state index contributed by atoms with van der Waals surface area (Å²) < 4.78 is 0. The van der Waals surface area contributed by atoms with Crippen molar-refractivity contribution in [3.63, 3.8) is 0 Å². The highest BCUT2D eigenvalue weighted by Gasteiger charge is 2.17. The Balaban J connectivity index is 2.11. The van der Waals surface area contributed by atoms with Crippen molar-refractivity contribution < 1.29 is 4.79 Å². The van der Waals surface area contributed by atoms with Crippen LogP contribution in [0.2, 0.25) is 0 Å². The molecule has 0 N–H and O–H groups in total. The lowest BCUT2D eigenvalue weighted by Crippen LogP contribution is -2.28. The van der Waals surface area contributed by atoms with Crippen molar-refractivity contribution in [2.24, 2.45) is 5.92 Å². The van der Waals surface area contributed by atoms with Gasteiger partial charge in [-0.05, 0) is 18.8 Å². The Labute approximate surface area is 102 Å². The second-order valence-electron chi connectivity index (χ2n) is 4.55. The molecular weight excluding hydrogens is 254 g/mol. The van der Waals surface area contributed by atoms with E-state index < -0.39 is 0 Å². The molecule has 88 valence electrons. The highest BCUT2D eigenvalue weighted by Crippen LogP contribution is 2.28. The van der Waals surface area contributed by atoms with Crippen molar-refractivity contribution in [1.82, 2.24) is 4.90 Å². The fourth-order valence-corrected chi connectivity index (χ4v) is 2.49. The van der Waals surface area contributed by atoms with Crippen molar-refractivity contribution in [2.45, 2.75) is 44.9 Å². The molecule has 0 aliphatic heterocycles. The van der Waals surface area contributed by atoms with Crippen LogP contribution in [0, 0.1) is 5.92 Å². The number of carbonyl (C=O) groups excluding carboxylic acids is 1. The van der Waals surface area contributed by atoms with Gasteiger partial charge in [-0.3, -0.25) is 4.79 Å². The summed E-state index contributed by atoms with van der Waals surface area (Å²) in [6.45, 7) is 0.884. The van der Waals surface area contributed by atoms with E-state index in [2.05, 4.69) is 15.9 Å². The van der Waals surface area contributed by atoms with Gasteiger partial charge in [0.15, 0.2) is 0 Å². The summed E-state index contributed by atoms with van der Waals surface area (Å²) in [5, 5.41) is 0.979. The highest BCUT2D eigenvalue weighted by atomic mass is 79.9. The van der Waals surface area contributed by atoms with Gasteiger partial charge in [-0.2, -0.15) is 0 Å². The van der Waals surface area contributed by atoms with E-state index >= 15 is 0 Å². The molecule has 1 rings (SSSR count). The van der Waals surface area contributed by atoms with E-state index in [1.807, 2.05) is 11.9 Å². The third-order valence-corrected chi connectivity index (χ3v) is 3.85. The lowest BCUT2D eigenvalue weighted by Gasteiger charge is -2.17. The largest absolute Gasteiger partial charge is 0.346 e. The number of halogens is 1. The first-order valence-corrected chi connectivity index (χ1v) is 7.16. The number of hydrogen-bond donors (Lipinski definition) is 0. The minimum Gasteiger partial charge on any atom is -0.346 e. The van der Waals surface area contributed by atoms with Crippen LogP contribution in [-0.4, -0.2) is 29.7 Å². The average Bonchev–Trinajstić information content (AvgIpc) is 2.75. The third-order valence-electron chi connectivity index (χ3n) is 3.29. The molecule has 3 heteroatoms. The van der Waals surface area contributed by atoms with Crippen LogP contribution in [0.3, 0.4) is 0 Å². The maximum Gasteiger partial charge on any atom is 0.222 e. The molecular formula is C12H22BrNO. The fourth-order valence-electron chi connectivity index (χ4n) is 2.24. The zero-order chi connectivity index (χ0) is 11.1. The van der Waals surface area contributed by atoms with Crippen LogP contribution in [0.4, 0.5) is 0 Å². The number of hydrogen-bond acceptors (Lipinski definition) is 1. The maximum atomic E-state index is 11.7. The van der Waals surface area contributed by atoms with Gasteiger partial charge in [0.1, 0.15) is 0 Å². The number of rotatable bonds is 6. The van der Waals surface area contributed by atoms with Gasteiger partial charge in [-0.15, -0.1) is 0 Å². The van der Waals surface area contributed by atoms with E-state index in [1.165, 1.54) is 25.7 Å². The van der Waals surface area contributed by atoms with Gasteiger partial charge in [0, 0.05) is 25.3 Å². The van der Waals surface area contributed by atoms with Crippen molar-refractivity contribution in [3.8, 4) is 0 Å². The average molecular weight is 276 g/mol. The van der Waals surface area contributed by atoms with E-state index in [0.717, 1.165) is 37.1 Å². The second-order valence-corrected chi connectivity index (χ2v) is 5.34. The Morgan fingerprint density at radius 3 is 2.67 bits per heavy atom. The second kappa shape index (κ2) is 7.26. The molecule has 0 unspecified atom stereocenters. The molecule has 1 aliphatic carbocycles. The summed E-state index contributed by atoms with van der Waals surface area (Å²) in [6, 6.07) is 0. The molecule has 0 spiro atoms. The van der Waals surface area contributed by atoms with Gasteiger partial charge >= 0.3 is 0 Å². The van der Waals surface area contributed by atoms with E-state index in [4.69, 9.17) is 0 Å². The molecule has 0 bridgehead atoms. The van der Waals surface area contributed by atoms with Crippen LogP contribution in [0.25, 0.3) is 0 Å². The Kier molecular flexibility index (Phi) is 6.30. The van der Waals surface area contributed by atoms with Crippen molar-refractivity contribution in [2.75, 3.05) is 18.9 Å². The van der Waals surface area contributed by atoms with Gasteiger partial charge < -0.3 is 4.90 Å². The van der Waals surface area contributed by atoms with Crippen molar-refractivity contribution in [3.05, 3.63) is 0 Å². The molecule has 15 heavy (non-hydrogen) atoms. The molecule has 1 aliphatic rings. The van der Waals surface area contributed by atoms with Crippen LogP contribution in [0.5, 0.6) is 0 Å². The van der Waals surface area contributed by atoms with Crippen molar-refractivity contribution in [1.29, 1.82) is 0 Å².